The van der Waals surface area contributed by atoms with Crippen molar-refractivity contribution in [2.75, 3.05) is 6.61 Å². The molecule has 0 aliphatic rings. The molecular weight excluding hydrogens is 384 g/mol. The van der Waals surface area contributed by atoms with Gasteiger partial charge in [0.1, 0.15) is 11.8 Å². The Hall–Kier alpha value is -3.11. The van der Waals surface area contributed by atoms with E-state index in [4.69, 9.17) is 10.00 Å². The van der Waals surface area contributed by atoms with Crippen molar-refractivity contribution >= 4 is 39.0 Å². The molecule has 2 N–H and O–H groups in total. The minimum atomic E-state index is -0.412. The van der Waals surface area contributed by atoms with Gasteiger partial charge in [-0.05, 0) is 30.3 Å². The van der Waals surface area contributed by atoms with Crippen molar-refractivity contribution in [2.24, 2.45) is 5.10 Å². The fraction of sp³-hybridized carbons (Fsp3) is 0.0556. The largest absolute Gasteiger partial charge is 0.482 e. The molecule has 3 rings (SSSR count). The van der Waals surface area contributed by atoms with E-state index in [0.717, 1.165) is 20.9 Å². The highest BCUT2D eigenvalue weighted by atomic mass is 79.9. The number of nitriles is 1. The Kier molecular flexibility index (Phi) is 5.11. The van der Waals surface area contributed by atoms with E-state index in [1.807, 2.05) is 30.5 Å². The fourth-order valence-corrected chi connectivity index (χ4v) is 2.62. The van der Waals surface area contributed by atoms with Crippen LogP contribution in [0.2, 0.25) is 0 Å². The monoisotopic (exact) mass is 396 g/mol. The Labute approximate surface area is 152 Å². The Morgan fingerprint density at radius 3 is 3.04 bits per heavy atom. The molecule has 0 radical (unpaired) electrons. The van der Waals surface area contributed by atoms with Crippen LogP contribution in [0.15, 0.2) is 58.2 Å². The van der Waals surface area contributed by atoms with Crippen LogP contribution in [-0.4, -0.2) is 23.7 Å². The van der Waals surface area contributed by atoms with Crippen LogP contribution in [0.1, 0.15) is 11.1 Å². The van der Waals surface area contributed by atoms with Gasteiger partial charge >= 0.3 is 0 Å². The van der Waals surface area contributed by atoms with E-state index < -0.39 is 5.91 Å². The number of fused-ring (bicyclic) bond motifs is 1. The molecule has 25 heavy (non-hydrogen) atoms. The number of aromatic nitrogens is 1. The maximum Gasteiger partial charge on any atom is 0.277 e. The van der Waals surface area contributed by atoms with E-state index in [2.05, 4.69) is 31.4 Å². The topological polar surface area (TPSA) is 90.3 Å². The van der Waals surface area contributed by atoms with Crippen LogP contribution in [0, 0.1) is 11.3 Å². The number of hydrogen-bond acceptors (Lipinski definition) is 4. The lowest BCUT2D eigenvalue weighted by Gasteiger charge is -2.06. The predicted octanol–water partition coefficient (Wildman–Crippen LogP) is 3.33. The van der Waals surface area contributed by atoms with Gasteiger partial charge in [-0.2, -0.15) is 10.4 Å². The minimum Gasteiger partial charge on any atom is -0.482 e. The number of amides is 1. The number of nitrogens with one attached hydrogen (secondary N) is 2. The van der Waals surface area contributed by atoms with E-state index in [-0.39, 0.29) is 6.61 Å². The summed E-state index contributed by atoms with van der Waals surface area (Å²) in [5, 5.41) is 13.9. The quantitative estimate of drug-likeness (QED) is 0.511. The van der Waals surface area contributed by atoms with E-state index >= 15 is 0 Å². The fourth-order valence-electron chi connectivity index (χ4n) is 2.26. The number of benzene rings is 2. The van der Waals surface area contributed by atoms with Crippen LogP contribution in [0.4, 0.5) is 0 Å². The van der Waals surface area contributed by atoms with Crippen LogP contribution in [0.3, 0.4) is 0 Å². The molecule has 7 heteroatoms. The van der Waals surface area contributed by atoms with Gasteiger partial charge in [0.05, 0.1) is 11.8 Å². The SMILES string of the molecule is N#Cc1ccccc1OCC(=O)N/N=C/c1c[nH]c2ccc(Br)cc12. The number of carbonyl (C=O) groups excluding carboxylic acids is 1. The molecule has 2 aromatic carbocycles. The molecule has 0 spiro atoms. The normalized spacial score (nSPS) is 10.7. The molecule has 3 aromatic rings. The molecule has 0 aliphatic heterocycles. The van der Waals surface area contributed by atoms with Gasteiger partial charge in [0.2, 0.25) is 0 Å². The van der Waals surface area contributed by atoms with Crippen molar-refractivity contribution in [1.29, 1.82) is 5.26 Å². The zero-order valence-electron chi connectivity index (χ0n) is 13.0. The first-order valence-corrected chi connectivity index (χ1v) is 8.17. The number of carbonyl (C=O) groups is 1. The van der Waals surface area contributed by atoms with Crippen molar-refractivity contribution < 1.29 is 9.53 Å². The summed E-state index contributed by atoms with van der Waals surface area (Å²) in [5.41, 5.74) is 4.62. The predicted molar refractivity (Wildman–Crippen MR) is 98.4 cm³/mol. The number of hydrogen-bond donors (Lipinski definition) is 2. The summed E-state index contributed by atoms with van der Waals surface area (Å²) in [6, 6.07) is 14.6. The van der Waals surface area contributed by atoms with Gasteiger partial charge in [-0.3, -0.25) is 4.79 Å². The highest BCUT2D eigenvalue weighted by Crippen LogP contribution is 2.21. The number of para-hydroxylation sites is 1. The van der Waals surface area contributed by atoms with Crippen molar-refractivity contribution in [3.05, 3.63) is 64.3 Å². The average Bonchev–Trinajstić information content (AvgIpc) is 3.02. The summed E-state index contributed by atoms with van der Waals surface area (Å²) in [4.78, 5) is 14.9. The Morgan fingerprint density at radius 1 is 1.36 bits per heavy atom. The Bertz CT molecular complexity index is 988. The standard InChI is InChI=1S/C18H13BrN4O2/c19-14-5-6-16-15(7-14)13(9-21-16)10-22-23-18(24)11-25-17-4-2-1-3-12(17)8-20/h1-7,9-10,21H,11H2,(H,23,24)/b22-10+. The molecule has 0 unspecified atom stereocenters. The van der Waals surface area contributed by atoms with Crippen molar-refractivity contribution in [2.45, 2.75) is 0 Å². The lowest BCUT2D eigenvalue weighted by Crippen LogP contribution is -2.24. The van der Waals surface area contributed by atoms with Gasteiger partial charge < -0.3 is 9.72 Å². The summed E-state index contributed by atoms with van der Waals surface area (Å²) in [7, 11) is 0. The van der Waals surface area contributed by atoms with Crippen molar-refractivity contribution in [3.63, 3.8) is 0 Å². The molecule has 0 atom stereocenters. The summed E-state index contributed by atoms with van der Waals surface area (Å²) in [6.07, 6.45) is 3.37. The van der Waals surface area contributed by atoms with Crippen LogP contribution in [-0.2, 0) is 4.79 Å². The zero-order valence-corrected chi connectivity index (χ0v) is 14.6. The first-order chi connectivity index (χ1) is 12.2. The van der Waals surface area contributed by atoms with E-state index in [0.29, 0.717) is 11.3 Å². The Balaban J connectivity index is 1.59. The third-order valence-electron chi connectivity index (χ3n) is 3.43. The van der Waals surface area contributed by atoms with Gasteiger partial charge in [-0.1, -0.05) is 28.1 Å². The lowest BCUT2D eigenvalue weighted by molar-refractivity contribution is -0.123. The van der Waals surface area contributed by atoms with Crippen LogP contribution in [0.5, 0.6) is 5.75 Å². The second kappa shape index (κ2) is 7.64. The molecule has 0 saturated carbocycles. The van der Waals surface area contributed by atoms with Crippen LogP contribution >= 0.6 is 15.9 Å². The first kappa shape index (κ1) is 16.7. The minimum absolute atomic E-state index is 0.227. The van der Waals surface area contributed by atoms with Crippen LogP contribution < -0.4 is 10.2 Å². The molecule has 0 saturated heterocycles. The maximum atomic E-state index is 11.8. The van der Waals surface area contributed by atoms with Crippen molar-refractivity contribution in [3.8, 4) is 11.8 Å². The third-order valence-corrected chi connectivity index (χ3v) is 3.93. The van der Waals surface area contributed by atoms with E-state index in [1.54, 1.807) is 30.5 Å². The maximum absolute atomic E-state index is 11.8. The highest BCUT2D eigenvalue weighted by Gasteiger charge is 2.06. The number of nitrogens with zero attached hydrogens (tertiary/aromatic N) is 2. The van der Waals surface area contributed by atoms with Crippen molar-refractivity contribution in [1.82, 2.24) is 10.4 Å². The molecule has 1 heterocycles. The molecule has 0 aliphatic carbocycles. The number of H-pyrrole nitrogens is 1. The smallest absolute Gasteiger partial charge is 0.277 e. The van der Waals surface area contributed by atoms with Gasteiger partial charge in [0, 0.05) is 27.1 Å². The van der Waals surface area contributed by atoms with Gasteiger partial charge in [-0.15, -0.1) is 0 Å². The number of hydrazone groups is 1. The first-order valence-electron chi connectivity index (χ1n) is 7.38. The summed E-state index contributed by atoms with van der Waals surface area (Å²) >= 11 is 3.43. The molecule has 0 bridgehead atoms. The van der Waals surface area contributed by atoms with Crippen LogP contribution in [0.25, 0.3) is 10.9 Å². The molecule has 1 amide bonds. The van der Waals surface area contributed by atoms with Gasteiger partial charge in [0.25, 0.3) is 5.91 Å². The highest BCUT2D eigenvalue weighted by molar-refractivity contribution is 9.10. The number of aromatic amines is 1. The third kappa shape index (κ3) is 4.05. The molecule has 124 valence electrons. The molecule has 1 aromatic heterocycles. The van der Waals surface area contributed by atoms with E-state index in [9.17, 15) is 4.79 Å². The second-order valence-corrected chi connectivity index (χ2v) is 6.04. The summed E-state index contributed by atoms with van der Waals surface area (Å²) in [5.74, 6) is -0.0457. The molecule has 6 nitrogen and oxygen atoms in total. The second-order valence-electron chi connectivity index (χ2n) is 5.12. The lowest BCUT2D eigenvalue weighted by atomic mass is 10.2. The number of halogens is 1. The molecule has 0 fully saturated rings. The van der Waals surface area contributed by atoms with Gasteiger partial charge in [0.15, 0.2) is 6.61 Å². The summed E-state index contributed by atoms with van der Waals surface area (Å²) < 4.78 is 6.30. The van der Waals surface area contributed by atoms with Gasteiger partial charge in [-0.25, -0.2) is 5.43 Å². The Morgan fingerprint density at radius 2 is 2.20 bits per heavy atom. The number of rotatable bonds is 5. The molecular formula is C18H13BrN4O2. The van der Waals surface area contributed by atoms with E-state index in [1.165, 1.54) is 0 Å². The zero-order chi connectivity index (χ0) is 17.6. The summed E-state index contributed by atoms with van der Waals surface area (Å²) in [6.45, 7) is -0.227. The number of ether oxygens (including phenoxy) is 1. The average molecular weight is 397 g/mol.